The lowest BCUT2D eigenvalue weighted by Gasteiger charge is -2.43. The molecule has 1 saturated heterocycles. The Morgan fingerprint density at radius 3 is 2.48 bits per heavy atom. The molecular formula is C38H30N4O8S2. The van der Waals surface area contributed by atoms with Crippen molar-refractivity contribution in [2.45, 2.75) is 22.6 Å². The number of benzene rings is 4. The second kappa shape index (κ2) is 12.3. The molecule has 4 aromatic carbocycles. The molecule has 2 bridgehead atoms. The molecule has 2 N–H and O–H groups in total. The highest BCUT2D eigenvalue weighted by Crippen LogP contribution is 2.68. The molecule has 3 amide bonds. The molecule has 262 valence electrons. The highest BCUT2D eigenvalue weighted by molar-refractivity contribution is 8.00. The molecule has 3 fully saturated rings. The highest BCUT2D eigenvalue weighted by atomic mass is 32.2. The third kappa shape index (κ3) is 5.03. The van der Waals surface area contributed by atoms with Gasteiger partial charge in [0.05, 0.1) is 34.6 Å². The van der Waals surface area contributed by atoms with Crippen molar-refractivity contribution in [2.24, 2.45) is 29.6 Å². The second-order valence-corrected chi connectivity index (χ2v) is 15.7. The van der Waals surface area contributed by atoms with Gasteiger partial charge in [-0.15, -0.1) is 11.8 Å². The Kier molecular flexibility index (Phi) is 7.70. The number of hydrogen-bond donors (Lipinski definition) is 2. The van der Waals surface area contributed by atoms with Crippen LogP contribution >= 0.6 is 23.1 Å². The molecule has 2 saturated carbocycles. The van der Waals surface area contributed by atoms with Crippen LogP contribution in [0.4, 0.5) is 17.1 Å². The third-order valence-corrected chi connectivity index (χ3v) is 13.6. The largest absolute Gasteiger partial charge is 0.493 e. The van der Waals surface area contributed by atoms with E-state index in [9.17, 15) is 29.3 Å². The van der Waals surface area contributed by atoms with Crippen LogP contribution in [-0.2, 0) is 14.4 Å². The van der Waals surface area contributed by atoms with Gasteiger partial charge in [-0.25, -0.2) is 0 Å². The van der Waals surface area contributed by atoms with Crippen LogP contribution in [0.3, 0.4) is 0 Å². The maximum Gasteiger partial charge on any atom is 0.305 e. The summed E-state index contributed by atoms with van der Waals surface area (Å²) in [5.74, 6) is -1.63. The van der Waals surface area contributed by atoms with E-state index in [1.165, 1.54) is 36.3 Å². The minimum absolute atomic E-state index is 0.0257. The van der Waals surface area contributed by atoms with E-state index in [-0.39, 0.29) is 63.8 Å². The molecule has 0 spiro atoms. The third-order valence-electron chi connectivity index (χ3n) is 11.0. The fourth-order valence-electron chi connectivity index (χ4n) is 9.03. The first-order chi connectivity index (χ1) is 25.2. The summed E-state index contributed by atoms with van der Waals surface area (Å²) in [6.45, 7) is -0.249. The van der Waals surface area contributed by atoms with Gasteiger partial charge >= 0.3 is 4.87 Å². The summed E-state index contributed by atoms with van der Waals surface area (Å²) in [4.78, 5) is 69.3. The van der Waals surface area contributed by atoms with E-state index in [0.717, 1.165) is 37.6 Å². The molecule has 2 aliphatic carbocycles. The van der Waals surface area contributed by atoms with Crippen LogP contribution < -0.4 is 24.6 Å². The van der Waals surface area contributed by atoms with Crippen LogP contribution in [0, 0.1) is 39.7 Å². The number of carbonyl (C=O) groups is 3. The van der Waals surface area contributed by atoms with Crippen molar-refractivity contribution in [3.8, 4) is 11.5 Å². The van der Waals surface area contributed by atoms with Crippen LogP contribution in [0.25, 0.3) is 10.8 Å². The van der Waals surface area contributed by atoms with Crippen molar-refractivity contribution in [3.63, 3.8) is 0 Å². The number of nitro benzene ring substituents is 1. The number of hydrogen-bond acceptors (Lipinski definition) is 10. The van der Waals surface area contributed by atoms with E-state index >= 15 is 0 Å². The van der Waals surface area contributed by atoms with Crippen molar-refractivity contribution in [1.29, 1.82) is 0 Å². The van der Waals surface area contributed by atoms with Gasteiger partial charge in [0.15, 0.2) is 18.1 Å². The number of aromatic nitrogens is 1. The number of carbonyl (C=O) groups excluding carboxylic acids is 3. The number of thioether (sulfide) groups is 1. The molecule has 5 aromatic rings. The summed E-state index contributed by atoms with van der Waals surface area (Å²) >= 11 is 2.74. The van der Waals surface area contributed by atoms with E-state index in [1.807, 2.05) is 54.6 Å². The van der Waals surface area contributed by atoms with E-state index < -0.39 is 16.8 Å². The van der Waals surface area contributed by atoms with Gasteiger partial charge in [-0.1, -0.05) is 53.8 Å². The predicted octanol–water partition coefficient (Wildman–Crippen LogP) is 6.20. The van der Waals surface area contributed by atoms with Crippen LogP contribution in [0.5, 0.6) is 11.5 Å². The van der Waals surface area contributed by atoms with E-state index in [4.69, 9.17) is 9.47 Å². The van der Waals surface area contributed by atoms with Crippen LogP contribution in [0.2, 0.25) is 0 Å². The number of nitro groups is 1. The molecule has 2 aliphatic heterocycles. The minimum Gasteiger partial charge on any atom is -0.493 e. The fourth-order valence-corrected chi connectivity index (χ4v) is 11.9. The quantitative estimate of drug-likeness (QED) is 0.107. The summed E-state index contributed by atoms with van der Waals surface area (Å²) in [6.07, 6.45) is 0.711. The SMILES string of the molecule is COc1cc([C@H]2c3sc(=O)[nH]c3SC3C2[C@H]2C[C@@H]3C3C(=O)N(c4ccc([N+](=O)[O-])cc4)C(=O)C32)ccc1OCC(=O)Nc1cccc2ccccc12. The Labute approximate surface area is 304 Å². The lowest BCUT2D eigenvalue weighted by Crippen LogP contribution is -2.42. The number of ether oxygens (including phenoxy) is 2. The molecule has 3 heterocycles. The van der Waals surface area contributed by atoms with Crippen molar-refractivity contribution in [1.82, 2.24) is 4.98 Å². The fraction of sp³-hybridized carbons (Fsp3) is 0.263. The Hall–Kier alpha value is -5.47. The summed E-state index contributed by atoms with van der Waals surface area (Å²) in [5, 5.41) is 16.8. The number of methoxy groups -OCH3 is 1. The molecule has 9 rings (SSSR count). The monoisotopic (exact) mass is 734 g/mol. The lowest BCUT2D eigenvalue weighted by atomic mass is 9.68. The number of amides is 3. The zero-order chi connectivity index (χ0) is 35.8. The summed E-state index contributed by atoms with van der Waals surface area (Å²) in [5.41, 5.74) is 1.77. The van der Waals surface area contributed by atoms with Gasteiger partial charge in [0.1, 0.15) is 0 Å². The first-order valence-corrected chi connectivity index (χ1v) is 18.5. The predicted molar refractivity (Wildman–Crippen MR) is 195 cm³/mol. The summed E-state index contributed by atoms with van der Waals surface area (Å²) in [6, 6.07) is 24.5. The van der Waals surface area contributed by atoms with Gasteiger partial charge in [-0.3, -0.25) is 34.2 Å². The van der Waals surface area contributed by atoms with Gasteiger partial charge in [0.25, 0.3) is 11.6 Å². The number of thiazole rings is 1. The lowest BCUT2D eigenvalue weighted by molar-refractivity contribution is -0.384. The Morgan fingerprint density at radius 2 is 1.71 bits per heavy atom. The molecule has 1 aromatic heterocycles. The number of fused-ring (bicyclic) bond motifs is 10. The Bertz CT molecular complexity index is 2370. The number of nitrogens with one attached hydrogen (secondary N) is 2. The van der Waals surface area contributed by atoms with Crippen molar-refractivity contribution >= 4 is 68.7 Å². The molecule has 4 aliphatic rings. The maximum atomic E-state index is 14.1. The molecule has 0 radical (unpaired) electrons. The Morgan fingerprint density at radius 1 is 0.962 bits per heavy atom. The van der Waals surface area contributed by atoms with E-state index in [2.05, 4.69) is 10.3 Å². The zero-order valence-corrected chi connectivity index (χ0v) is 29.1. The van der Waals surface area contributed by atoms with Gasteiger partial charge in [0, 0.05) is 39.3 Å². The number of aromatic amines is 1. The Balaban J connectivity index is 0.994. The van der Waals surface area contributed by atoms with Crippen LogP contribution in [0.1, 0.15) is 22.8 Å². The average Bonchev–Trinajstić information content (AvgIpc) is 3.89. The molecule has 12 nitrogen and oxygen atoms in total. The average molecular weight is 735 g/mol. The molecule has 14 heteroatoms. The molecule has 7 atom stereocenters. The standard InChI is InChI=1S/C38H30N4O8S2/c1-49-27-15-19(9-14-26(27)50-17-28(43)39-25-8-4-6-18-5-2-3-7-22(18)25)29-30-23-16-24(33(30)51-35-34(29)52-38(46)40-35)32-31(23)36(44)41(37(32)45)20-10-12-21(13-11-20)42(47)48/h2-15,23-24,29-33H,16-17H2,1H3,(H,39,43)(H,40,46)/t23-,24-,29-,30?,31?,32?,33?/m1/s1. The van der Waals surface area contributed by atoms with Crippen molar-refractivity contribution < 1.29 is 28.8 Å². The van der Waals surface area contributed by atoms with Gasteiger partial charge < -0.3 is 19.8 Å². The number of rotatable bonds is 8. The first-order valence-electron chi connectivity index (χ1n) is 16.8. The minimum atomic E-state index is -0.529. The number of anilines is 2. The summed E-state index contributed by atoms with van der Waals surface area (Å²) < 4.78 is 11.7. The first kappa shape index (κ1) is 32.4. The number of nitrogens with zero attached hydrogens (tertiary/aromatic N) is 2. The van der Waals surface area contributed by atoms with Gasteiger partial charge in [-0.05, 0) is 65.5 Å². The van der Waals surface area contributed by atoms with E-state index in [1.54, 1.807) is 17.8 Å². The molecule has 52 heavy (non-hydrogen) atoms. The topological polar surface area (TPSA) is 161 Å². The van der Waals surface area contributed by atoms with Crippen LogP contribution in [0.15, 0.2) is 94.7 Å². The smallest absolute Gasteiger partial charge is 0.305 e. The van der Waals surface area contributed by atoms with E-state index in [0.29, 0.717) is 29.3 Å². The number of H-pyrrole nitrogens is 1. The second-order valence-electron chi connectivity index (χ2n) is 13.5. The molecular weight excluding hydrogens is 705 g/mol. The van der Waals surface area contributed by atoms with Crippen molar-refractivity contribution in [2.75, 3.05) is 23.9 Å². The number of imide groups is 1. The van der Waals surface area contributed by atoms with Gasteiger partial charge in [0.2, 0.25) is 11.8 Å². The van der Waals surface area contributed by atoms with Crippen LogP contribution in [-0.4, -0.2) is 46.6 Å². The number of non-ortho nitro benzene ring substituents is 1. The molecule has 4 unspecified atom stereocenters. The maximum absolute atomic E-state index is 14.1. The summed E-state index contributed by atoms with van der Waals surface area (Å²) in [7, 11) is 1.53. The highest BCUT2D eigenvalue weighted by Gasteiger charge is 2.69. The normalized spacial score (nSPS) is 25.5. The zero-order valence-electron chi connectivity index (χ0n) is 27.5. The van der Waals surface area contributed by atoms with Crippen molar-refractivity contribution in [3.05, 3.63) is 115 Å². The van der Waals surface area contributed by atoms with Gasteiger partial charge in [-0.2, -0.15) is 0 Å².